The standard InChI is InChI=1S/C17H24N6O5S2/c18-5-3-1-2-4-13(26)22-16-21-12(9-29-16)15(28)23-17-20-11(8-30-17)14(27)19-6-10(25)7-24/h8-10,24-25H,1-7,18H2,(H,19,27)(H,20,23,28)(H,21,22,26). The van der Waals surface area contributed by atoms with Crippen LogP contribution in [0.25, 0.3) is 0 Å². The van der Waals surface area contributed by atoms with Crippen LogP contribution in [-0.2, 0) is 4.79 Å². The van der Waals surface area contributed by atoms with E-state index in [4.69, 9.17) is 10.8 Å². The lowest BCUT2D eigenvalue weighted by atomic mass is 10.2. The van der Waals surface area contributed by atoms with Crippen LogP contribution in [-0.4, -0.2) is 63.7 Å². The third-order valence-corrected chi connectivity index (χ3v) is 5.27. The predicted molar refractivity (Wildman–Crippen MR) is 114 cm³/mol. The fraction of sp³-hybridized carbons (Fsp3) is 0.471. The van der Waals surface area contributed by atoms with E-state index in [1.165, 1.54) is 10.8 Å². The number of anilines is 2. The Hall–Kier alpha value is -2.45. The number of carbonyl (C=O) groups excluding carboxylic acids is 3. The van der Waals surface area contributed by atoms with Crippen LogP contribution in [0.1, 0.15) is 46.7 Å². The molecule has 30 heavy (non-hydrogen) atoms. The zero-order valence-corrected chi connectivity index (χ0v) is 17.7. The minimum atomic E-state index is -1.06. The number of aliphatic hydroxyl groups is 2. The van der Waals surface area contributed by atoms with Gasteiger partial charge in [-0.15, -0.1) is 22.7 Å². The molecule has 0 aliphatic heterocycles. The van der Waals surface area contributed by atoms with E-state index in [0.29, 0.717) is 18.1 Å². The first-order valence-electron chi connectivity index (χ1n) is 9.22. The van der Waals surface area contributed by atoms with E-state index in [1.807, 2.05) is 0 Å². The molecule has 0 fully saturated rings. The average Bonchev–Trinajstić information content (AvgIpc) is 3.39. The fourth-order valence-electron chi connectivity index (χ4n) is 2.19. The van der Waals surface area contributed by atoms with Gasteiger partial charge in [-0.3, -0.25) is 19.7 Å². The number of hydrogen-bond donors (Lipinski definition) is 6. The van der Waals surface area contributed by atoms with E-state index in [1.54, 1.807) is 0 Å². The number of rotatable bonds is 12. The van der Waals surface area contributed by atoms with Crippen molar-refractivity contribution in [2.45, 2.75) is 31.8 Å². The topological polar surface area (TPSA) is 180 Å². The van der Waals surface area contributed by atoms with E-state index in [-0.39, 0.29) is 29.0 Å². The number of amides is 3. The Kier molecular flexibility index (Phi) is 9.76. The normalized spacial score (nSPS) is 11.7. The second-order valence-corrected chi connectivity index (χ2v) is 7.94. The van der Waals surface area contributed by atoms with E-state index in [9.17, 15) is 19.5 Å². The fourth-order valence-corrected chi connectivity index (χ4v) is 3.58. The van der Waals surface area contributed by atoms with Crippen molar-refractivity contribution >= 4 is 50.7 Å². The van der Waals surface area contributed by atoms with E-state index in [2.05, 4.69) is 25.9 Å². The molecule has 0 aliphatic carbocycles. The van der Waals surface area contributed by atoms with Crippen molar-refractivity contribution in [2.75, 3.05) is 30.3 Å². The lowest BCUT2D eigenvalue weighted by molar-refractivity contribution is -0.116. The van der Waals surface area contributed by atoms with Gasteiger partial charge in [-0.1, -0.05) is 6.42 Å². The summed E-state index contributed by atoms with van der Waals surface area (Å²) in [5, 5.41) is 29.1. The molecule has 0 radical (unpaired) electrons. The number of unbranched alkanes of at least 4 members (excludes halogenated alkanes) is 2. The molecular formula is C17H24N6O5S2. The van der Waals surface area contributed by atoms with Crippen LogP contribution < -0.4 is 21.7 Å². The van der Waals surface area contributed by atoms with Gasteiger partial charge in [-0.2, -0.15) is 0 Å². The summed E-state index contributed by atoms with van der Waals surface area (Å²) in [7, 11) is 0. The van der Waals surface area contributed by atoms with E-state index in [0.717, 1.165) is 41.9 Å². The Balaban J connectivity index is 1.83. The van der Waals surface area contributed by atoms with Crippen molar-refractivity contribution in [3.63, 3.8) is 0 Å². The van der Waals surface area contributed by atoms with Gasteiger partial charge in [-0.25, -0.2) is 9.97 Å². The van der Waals surface area contributed by atoms with E-state index >= 15 is 0 Å². The van der Waals surface area contributed by atoms with Crippen molar-refractivity contribution in [3.8, 4) is 0 Å². The molecule has 0 aliphatic rings. The highest BCUT2D eigenvalue weighted by molar-refractivity contribution is 7.14. The van der Waals surface area contributed by atoms with Crippen molar-refractivity contribution < 1.29 is 24.6 Å². The van der Waals surface area contributed by atoms with Gasteiger partial charge in [0.15, 0.2) is 10.3 Å². The van der Waals surface area contributed by atoms with Crippen LogP contribution in [0, 0.1) is 0 Å². The molecule has 11 nitrogen and oxygen atoms in total. The summed E-state index contributed by atoms with van der Waals surface area (Å²) in [4.78, 5) is 44.2. The van der Waals surface area contributed by atoms with Gasteiger partial charge in [0.1, 0.15) is 11.4 Å². The molecule has 13 heteroatoms. The van der Waals surface area contributed by atoms with Gasteiger partial charge in [-0.05, 0) is 19.4 Å². The number of aliphatic hydroxyl groups excluding tert-OH is 2. The van der Waals surface area contributed by atoms with Crippen LogP contribution in [0.15, 0.2) is 10.8 Å². The summed E-state index contributed by atoms with van der Waals surface area (Å²) >= 11 is 2.19. The Bertz CT molecular complexity index is 855. The first-order valence-corrected chi connectivity index (χ1v) is 11.0. The number of nitrogens with zero attached hydrogens (tertiary/aromatic N) is 2. The van der Waals surface area contributed by atoms with Crippen LogP contribution in [0.2, 0.25) is 0 Å². The zero-order chi connectivity index (χ0) is 21.9. The molecule has 1 unspecified atom stereocenters. The Morgan fingerprint density at radius 1 is 1.00 bits per heavy atom. The number of aromatic nitrogens is 2. The minimum absolute atomic E-state index is 0.0707. The number of nitrogens with one attached hydrogen (secondary N) is 3. The highest BCUT2D eigenvalue weighted by Crippen LogP contribution is 2.19. The van der Waals surface area contributed by atoms with E-state index < -0.39 is 24.5 Å². The SMILES string of the molecule is NCCCCCC(=O)Nc1nc(C(=O)Nc2nc(C(=O)NCC(O)CO)cs2)cs1. The van der Waals surface area contributed by atoms with Gasteiger partial charge in [0.25, 0.3) is 11.8 Å². The largest absolute Gasteiger partial charge is 0.394 e. The number of nitrogens with two attached hydrogens (primary N) is 1. The molecule has 2 aromatic rings. The predicted octanol–water partition coefficient (Wildman–Crippen LogP) is 0.393. The average molecular weight is 457 g/mol. The van der Waals surface area contributed by atoms with Gasteiger partial charge < -0.3 is 26.6 Å². The molecule has 0 saturated carbocycles. The Morgan fingerprint density at radius 2 is 1.63 bits per heavy atom. The summed E-state index contributed by atoms with van der Waals surface area (Å²) in [6.07, 6.45) is 1.79. The van der Waals surface area contributed by atoms with Gasteiger partial charge in [0, 0.05) is 23.7 Å². The lowest BCUT2D eigenvalue weighted by Crippen LogP contribution is -2.34. The van der Waals surface area contributed by atoms with Gasteiger partial charge in [0.05, 0.1) is 12.7 Å². The molecular weight excluding hydrogens is 432 g/mol. The smallest absolute Gasteiger partial charge is 0.276 e. The summed E-state index contributed by atoms with van der Waals surface area (Å²) < 4.78 is 0. The molecule has 3 amide bonds. The number of hydrogen-bond acceptors (Lipinski definition) is 10. The van der Waals surface area contributed by atoms with Crippen LogP contribution in [0.5, 0.6) is 0 Å². The maximum absolute atomic E-state index is 12.3. The molecule has 0 bridgehead atoms. The highest BCUT2D eigenvalue weighted by atomic mass is 32.1. The summed E-state index contributed by atoms with van der Waals surface area (Å²) in [6, 6.07) is 0. The second kappa shape index (κ2) is 12.3. The summed E-state index contributed by atoms with van der Waals surface area (Å²) in [6.45, 7) is 0.0165. The molecule has 0 aromatic carbocycles. The molecule has 164 valence electrons. The minimum Gasteiger partial charge on any atom is -0.394 e. The summed E-state index contributed by atoms with van der Waals surface area (Å²) in [5.41, 5.74) is 5.60. The molecule has 0 spiro atoms. The second-order valence-electron chi connectivity index (χ2n) is 6.22. The first kappa shape index (κ1) is 23.8. The molecule has 2 aromatic heterocycles. The molecule has 2 rings (SSSR count). The maximum Gasteiger partial charge on any atom is 0.276 e. The molecule has 2 heterocycles. The van der Waals surface area contributed by atoms with Crippen molar-refractivity contribution in [1.29, 1.82) is 0 Å². The molecule has 1 atom stereocenters. The quantitative estimate of drug-likeness (QED) is 0.248. The highest BCUT2D eigenvalue weighted by Gasteiger charge is 2.16. The van der Waals surface area contributed by atoms with Crippen molar-refractivity contribution in [2.24, 2.45) is 5.73 Å². The van der Waals surface area contributed by atoms with Crippen LogP contribution in [0.3, 0.4) is 0 Å². The number of thiazole rings is 2. The Labute approximate surface area is 180 Å². The lowest BCUT2D eigenvalue weighted by Gasteiger charge is -2.07. The Morgan fingerprint density at radius 3 is 2.27 bits per heavy atom. The zero-order valence-electron chi connectivity index (χ0n) is 16.1. The molecule has 7 N–H and O–H groups in total. The molecule has 0 saturated heterocycles. The van der Waals surface area contributed by atoms with Crippen LogP contribution in [0.4, 0.5) is 10.3 Å². The third kappa shape index (κ3) is 7.76. The van der Waals surface area contributed by atoms with Gasteiger partial charge in [0.2, 0.25) is 5.91 Å². The van der Waals surface area contributed by atoms with Crippen molar-refractivity contribution in [1.82, 2.24) is 15.3 Å². The summed E-state index contributed by atoms with van der Waals surface area (Å²) in [5.74, 6) is -1.23. The maximum atomic E-state index is 12.3. The van der Waals surface area contributed by atoms with Gasteiger partial charge >= 0.3 is 0 Å². The number of carbonyl (C=O) groups is 3. The van der Waals surface area contributed by atoms with Crippen molar-refractivity contribution in [3.05, 3.63) is 22.1 Å². The monoisotopic (exact) mass is 456 g/mol. The first-order chi connectivity index (χ1) is 14.4. The third-order valence-electron chi connectivity index (χ3n) is 3.76. The van der Waals surface area contributed by atoms with Crippen LogP contribution >= 0.6 is 22.7 Å².